The van der Waals surface area contributed by atoms with E-state index in [9.17, 15) is 9.65 Å². The molecule has 3 unspecified atom stereocenters. The van der Waals surface area contributed by atoms with Crippen LogP contribution in [-0.2, 0) is 0 Å². The van der Waals surface area contributed by atoms with Crippen molar-refractivity contribution >= 4 is 5.69 Å². The number of anilines is 1. The van der Waals surface area contributed by atoms with Crippen LogP contribution in [0.15, 0.2) is 18.2 Å². The molecule has 1 saturated carbocycles. The van der Waals surface area contributed by atoms with Crippen LogP contribution >= 0.6 is 0 Å². The molecule has 19 heavy (non-hydrogen) atoms. The van der Waals surface area contributed by atoms with E-state index in [-0.39, 0.29) is 5.82 Å². The Morgan fingerprint density at radius 3 is 2.89 bits per heavy atom. The SMILES string of the molecule is CC1CN(c2ccc(F)cc2C#N)C2CCCCC12. The monoisotopic (exact) mass is 258 g/mol. The second-order valence-electron chi connectivity index (χ2n) is 5.92. The van der Waals surface area contributed by atoms with E-state index in [4.69, 9.17) is 0 Å². The smallest absolute Gasteiger partial charge is 0.124 e. The molecule has 2 nitrogen and oxygen atoms in total. The van der Waals surface area contributed by atoms with Crippen molar-refractivity contribution in [3.05, 3.63) is 29.6 Å². The Morgan fingerprint density at radius 1 is 1.32 bits per heavy atom. The summed E-state index contributed by atoms with van der Waals surface area (Å²) < 4.78 is 13.3. The number of rotatable bonds is 1. The highest BCUT2D eigenvalue weighted by atomic mass is 19.1. The highest BCUT2D eigenvalue weighted by molar-refractivity contribution is 5.61. The van der Waals surface area contributed by atoms with Crippen molar-refractivity contribution in [1.29, 1.82) is 5.26 Å². The van der Waals surface area contributed by atoms with Gasteiger partial charge in [0.1, 0.15) is 11.9 Å². The van der Waals surface area contributed by atoms with Gasteiger partial charge in [-0.15, -0.1) is 0 Å². The van der Waals surface area contributed by atoms with Gasteiger partial charge in [0.05, 0.1) is 11.3 Å². The Labute approximate surface area is 113 Å². The first-order valence-corrected chi connectivity index (χ1v) is 7.17. The summed E-state index contributed by atoms with van der Waals surface area (Å²) in [6.07, 6.45) is 5.10. The van der Waals surface area contributed by atoms with Gasteiger partial charge in [-0.1, -0.05) is 19.8 Å². The molecule has 0 N–H and O–H groups in total. The summed E-state index contributed by atoms with van der Waals surface area (Å²) in [6.45, 7) is 3.30. The summed E-state index contributed by atoms with van der Waals surface area (Å²) in [7, 11) is 0. The van der Waals surface area contributed by atoms with Crippen LogP contribution in [0.5, 0.6) is 0 Å². The fourth-order valence-corrected chi connectivity index (χ4v) is 3.90. The lowest BCUT2D eigenvalue weighted by molar-refractivity contribution is 0.293. The summed E-state index contributed by atoms with van der Waals surface area (Å²) >= 11 is 0. The maximum Gasteiger partial charge on any atom is 0.124 e. The average Bonchev–Trinajstić information content (AvgIpc) is 2.76. The maximum absolute atomic E-state index is 13.3. The van der Waals surface area contributed by atoms with Crippen molar-refractivity contribution in [2.45, 2.75) is 38.6 Å². The second kappa shape index (κ2) is 4.85. The minimum Gasteiger partial charge on any atom is -0.367 e. The molecule has 2 aliphatic rings. The van der Waals surface area contributed by atoms with Crippen molar-refractivity contribution in [3.63, 3.8) is 0 Å². The largest absolute Gasteiger partial charge is 0.367 e. The lowest BCUT2D eigenvalue weighted by atomic mass is 9.80. The minimum absolute atomic E-state index is 0.326. The summed E-state index contributed by atoms with van der Waals surface area (Å²) in [5.74, 6) is 1.08. The van der Waals surface area contributed by atoms with E-state index in [1.54, 1.807) is 6.07 Å². The fourth-order valence-electron chi connectivity index (χ4n) is 3.90. The quantitative estimate of drug-likeness (QED) is 0.767. The molecule has 1 aliphatic carbocycles. The molecule has 0 spiro atoms. The Kier molecular flexibility index (Phi) is 3.18. The molecule has 100 valence electrons. The number of benzene rings is 1. The zero-order chi connectivity index (χ0) is 13.4. The molecule has 1 aliphatic heterocycles. The van der Waals surface area contributed by atoms with Gasteiger partial charge in [0, 0.05) is 12.6 Å². The zero-order valence-corrected chi connectivity index (χ0v) is 11.3. The lowest BCUT2D eigenvalue weighted by Gasteiger charge is -2.33. The van der Waals surface area contributed by atoms with Crippen LogP contribution in [0.4, 0.5) is 10.1 Å². The average molecular weight is 258 g/mol. The third-order valence-corrected chi connectivity index (χ3v) is 4.79. The lowest BCUT2D eigenvalue weighted by Crippen LogP contribution is -2.35. The zero-order valence-electron chi connectivity index (χ0n) is 11.3. The molecule has 0 amide bonds. The maximum atomic E-state index is 13.3. The summed E-state index contributed by atoms with van der Waals surface area (Å²) in [5, 5.41) is 9.22. The first-order chi connectivity index (χ1) is 9.20. The Hall–Kier alpha value is -1.56. The Bertz CT molecular complexity index is 520. The van der Waals surface area contributed by atoms with Crippen LogP contribution < -0.4 is 4.90 Å². The van der Waals surface area contributed by atoms with Crippen molar-refractivity contribution in [1.82, 2.24) is 0 Å². The molecular weight excluding hydrogens is 239 g/mol. The summed E-state index contributed by atoms with van der Waals surface area (Å²) in [5.41, 5.74) is 1.39. The van der Waals surface area contributed by atoms with Crippen molar-refractivity contribution in [3.8, 4) is 6.07 Å². The summed E-state index contributed by atoms with van der Waals surface area (Å²) in [6, 6.07) is 7.29. The van der Waals surface area contributed by atoms with Gasteiger partial charge in [-0.2, -0.15) is 5.26 Å². The fraction of sp³-hybridized carbons (Fsp3) is 0.562. The number of hydrogen-bond acceptors (Lipinski definition) is 2. The molecule has 3 rings (SSSR count). The van der Waals surface area contributed by atoms with E-state index in [2.05, 4.69) is 17.9 Å². The van der Waals surface area contributed by atoms with E-state index in [1.165, 1.54) is 37.8 Å². The van der Waals surface area contributed by atoms with Crippen molar-refractivity contribution in [2.24, 2.45) is 11.8 Å². The molecule has 0 bridgehead atoms. The first-order valence-electron chi connectivity index (χ1n) is 7.17. The van der Waals surface area contributed by atoms with Gasteiger partial charge >= 0.3 is 0 Å². The van der Waals surface area contributed by atoms with Gasteiger partial charge in [-0.3, -0.25) is 0 Å². The number of fused-ring (bicyclic) bond motifs is 1. The van der Waals surface area contributed by atoms with Crippen LogP contribution in [0.25, 0.3) is 0 Å². The molecule has 3 heteroatoms. The predicted molar refractivity (Wildman–Crippen MR) is 73.4 cm³/mol. The molecule has 1 aromatic rings. The van der Waals surface area contributed by atoms with Gasteiger partial charge in [0.2, 0.25) is 0 Å². The topological polar surface area (TPSA) is 27.0 Å². The van der Waals surface area contributed by atoms with E-state index in [0.717, 1.165) is 18.2 Å². The Morgan fingerprint density at radius 2 is 2.11 bits per heavy atom. The van der Waals surface area contributed by atoms with Gasteiger partial charge in [-0.25, -0.2) is 4.39 Å². The molecule has 1 aromatic carbocycles. The number of nitriles is 1. The van der Waals surface area contributed by atoms with Crippen molar-refractivity contribution < 1.29 is 4.39 Å². The van der Waals surface area contributed by atoms with E-state index in [1.807, 2.05) is 0 Å². The van der Waals surface area contributed by atoms with Crippen LogP contribution in [0.3, 0.4) is 0 Å². The van der Waals surface area contributed by atoms with E-state index in [0.29, 0.717) is 17.5 Å². The first kappa shape index (κ1) is 12.5. The second-order valence-corrected chi connectivity index (χ2v) is 5.92. The van der Waals surface area contributed by atoms with E-state index >= 15 is 0 Å². The van der Waals surface area contributed by atoms with Gasteiger partial charge in [0.25, 0.3) is 0 Å². The number of nitrogens with zero attached hydrogens (tertiary/aromatic N) is 2. The molecule has 1 heterocycles. The molecule has 2 fully saturated rings. The highest BCUT2D eigenvalue weighted by Crippen LogP contribution is 2.42. The van der Waals surface area contributed by atoms with Crippen LogP contribution in [0.2, 0.25) is 0 Å². The van der Waals surface area contributed by atoms with Gasteiger partial charge < -0.3 is 4.90 Å². The van der Waals surface area contributed by atoms with Crippen LogP contribution in [-0.4, -0.2) is 12.6 Å². The predicted octanol–water partition coefficient (Wildman–Crippen LogP) is 3.71. The number of halogens is 1. The molecular formula is C16H19FN2. The number of hydrogen-bond donors (Lipinski definition) is 0. The Balaban J connectivity index is 1.96. The molecule has 0 radical (unpaired) electrons. The van der Waals surface area contributed by atoms with Crippen molar-refractivity contribution in [2.75, 3.05) is 11.4 Å². The minimum atomic E-state index is -0.326. The highest BCUT2D eigenvalue weighted by Gasteiger charge is 2.41. The third-order valence-electron chi connectivity index (χ3n) is 4.79. The third kappa shape index (κ3) is 2.10. The molecule has 3 atom stereocenters. The van der Waals surface area contributed by atoms with Gasteiger partial charge in [-0.05, 0) is 42.9 Å². The summed E-state index contributed by atoms with van der Waals surface area (Å²) in [4.78, 5) is 2.35. The van der Waals surface area contributed by atoms with Gasteiger partial charge in [0.15, 0.2) is 0 Å². The normalized spacial score (nSPS) is 29.9. The molecule has 0 aromatic heterocycles. The van der Waals surface area contributed by atoms with E-state index < -0.39 is 0 Å². The standard InChI is InChI=1S/C16H19FN2/c1-11-10-19(16-5-3-2-4-14(11)16)15-7-6-13(17)8-12(15)9-18/h6-8,11,14,16H,2-5,10H2,1H3. The van der Waals surface area contributed by atoms with Crippen LogP contribution in [0, 0.1) is 29.0 Å². The van der Waals surface area contributed by atoms with Crippen LogP contribution in [0.1, 0.15) is 38.2 Å². The molecule has 1 saturated heterocycles.